The van der Waals surface area contributed by atoms with Gasteiger partial charge >= 0.3 is 0 Å². The van der Waals surface area contributed by atoms with E-state index in [9.17, 15) is 13.2 Å². The van der Waals surface area contributed by atoms with Gasteiger partial charge in [0.25, 0.3) is 0 Å². The van der Waals surface area contributed by atoms with Crippen molar-refractivity contribution >= 4 is 27.3 Å². The summed E-state index contributed by atoms with van der Waals surface area (Å²) in [5.74, 6) is 0.938. The minimum Gasteiger partial charge on any atom is -0.486 e. The lowest BCUT2D eigenvalue weighted by atomic mass is 10.2. The van der Waals surface area contributed by atoms with Crippen molar-refractivity contribution < 1.29 is 22.7 Å². The van der Waals surface area contributed by atoms with Crippen molar-refractivity contribution in [1.82, 2.24) is 0 Å². The summed E-state index contributed by atoms with van der Waals surface area (Å²) in [6.07, 6.45) is 1.16. The number of anilines is 2. The van der Waals surface area contributed by atoms with Crippen molar-refractivity contribution in [1.29, 1.82) is 0 Å². The molecule has 3 rings (SSSR count). The number of sulfonamides is 1. The number of benzene rings is 2. The van der Waals surface area contributed by atoms with Crippen LogP contribution in [0.5, 0.6) is 11.5 Å². The molecule has 1 aliphatic rings. The number of nitrogens with zero attached hydrogens (tertiary/aromatic N) is 1. The normalized spacial score (nSPS) is 13.1. The molecule has 27 heavy (non-hydrogen) atoms. The molecule has 1 aliphatic heterocycles. The standard InChI is InChI=1S/C19H22N2O5S/c1-14-5-3-4-6-16(14)21(27(2,23)24)10-9-19(22)20-15-7-8-17-18(13-15)26-12-11-25-17/h3-8,13H,9-12H2,1-2H3,(H,20,22). The van der Waals surface area contributed by atoms with Crippen molar-refractivity contribution in [3.05, 3.63) is 48.0 Å². The molecule has 0 bridgehead atoms. The van der Waals surface area contributed by atoms with Gasteiger partial charge in [0.2, 0.25) is 15.9 Å². The smallest absolute Gasteiger partial charge is 0.232 e. The van der Waals surface area contributed by atoms with Crippen LogP contribution in [0.2, 0.25) is 0 Å². The van der Waals surface area contributed by atoms with Gasteiger partial charge in [0, 0.05) is 24.7 Å². The minimum atomic E-state index is -3.50. The van der Waals surface area contributed by atoms with Crippen LogP contribution in [0.4, 0.5) is 11.4 Å². The van der Waals surface area contributed by atoms with Gasteiger partial charge in [0.05, 0.1) is 11.9 Å². The van der Waals surface area contributed by atoms with Gasteiger partial charge in [0.1, 0.15) is 13.2 Å². The lowest BCUT2D eigenvalue weighted by molar-refractivity contribution is -0.116. The molecule has 0 saturated heterocycles. The monoisotopic (exact) mass is 390 g/mol. The summed E-state index contributed by atoms with van der Waals surface area (Å²) in [7, 11) is -3.50. The van der Waals surface area contributed by atoms with Crippen molar-refractivity contribution in [2.45, 2.75) is 13.3 Å². The van der Waals surface area contributed by atoms with Crippen molar-refractivity contribution in [3.8, 4) is 11.5 Å². The van der Waals surface area contributed by atoms with E-state index < -0.39 is 10.0 Å². The number of fused-ring (bicyclic) bond motifs is 1. The molecule has 1 heterocycles. The van der Waals surface area contributed by atoms with Crippen LogP contribution in [-0.4, -0.2) is 40.3 Å². The zero-order valence-electron chi connectivity index (χ0n) is 15.3. The SMILES string of the molecule is Cc1ccccc1N(CCC(=O)Nc1ccc2c(c1)OCCO2)S(C)(=O)=O. The highest BCUT2D eigenvalue weighted by molar-refractivity contribution is 7.92. The van der Waals surface area contributed by atoms with Crippen molar-refractivity contribution in [2.75, 3.05) is 35.6 Å². The van der Waals surface area contributed by atoms with Crippen LogP contribution in [0.1, 0.15) is 12.0 Å². The first-order valence-corrected chi connectivity index (χ1v) is 10.4. The number of ether oxygens (including phenoxy) is 2. The Kier molecular flexibility index (Phi) is 5.55. The summed E-state index contributed by atoms with van der Waals surface area (Å²) in [6, 6.07) is 12.3. The van der Waals surface area contributed by atoms with Crippen LogP contribution in [0.15, 0.2) is 42.5 Å². The van der Waals surface area contributed by atoms with E-state index in [-0.39, 0.29) is 18.9 Å². The Hall–Kier alpha value is -2.74. The summed E-state index contributed by atoms with van der Waals surface area (Å²) in [4.78, 5) is 12.3. The maximum Gasteiger partial charge on any atom is 0.232 e. The van der Waals surface area contributed by atoms with Gasteiger partial charge in [0.15, 0.2) is 11.5 Å². The summed E-state index contributed by atoms with van der Waals surface area (Å²) >= 11 is 0. The molecule has 0 saturated carbocycles. The van der Waals surface area contributed by atoms with Gasteiger partial charge in [-0.3, -0.25) is 9.10 Å². The Morgan fingerprint density at radius 2 is 1.81 bits per heavy atom. The third-order valence-corrected chi connectivity index (χ3v) is 5.33. The van der Waals surface area contributed by atoms with E-state index >= 15 is 0 Å². The molecule has 7 nitrogen and oxygen atoms in total. The summed E-state index contributed by atoms with van der Waals surface area (Å²) < 4.78 is 36.6. The van der Waals surface area contributed by atoms with Gasteiger partial charge < -0.3 is 14.8 Å². The fourth-order valence-corrected chi connectivity index (χ4v) is 3.84. The van der Waals surface area contributed by atoms with Gasteiger partial charge in [-0.2, -0.15) is 0 Å². The fraction of sp³-hybridized carbons (Fsp3) is 0.316. The highest BCUT2D eigenvalue weighted by Gasteiger charge is 2.20. The largest absolute Gasteiger partial charge is 0.486 e. The van der Waals surface area contributed by atoms with Crippen LogP contribution < -0.4 is 19.1 Å². The third-order valence-electron chi connectivity index (χ3n) is 4.15. The molecule has 1 amide bonds. The second-order valence-corrected chi connectivity index (χ2v) is 8.19. The number of para-hydroxylation sites is 1. The number of hydrogen-bond acceptors (Lipinski definition) is 5. The Balaban J connectivity index is 1.67. The van der Waals surface area contributed by atoms with E-state index in [4.69, 9.17) is 9.47 Å². The first kappa shape index (κ1) is 19.0. The first-order valence-electron chi connectivity index (χ1n) is 8.57. The van der Waals surface area contributed by atoms with Crippen LogP contribution in [0.3, 0.4) is 0 Å². The predicted octanol–water partition coefficient (Wildman–Crippen LogP) is 2.56. The maximum absolute atomic E-state index is 12.3. The lowest BCUT2D eigenvalue weighted by Crippen LogP contribution is -2.33. The molecule has 0 aliphatic carbocycles. The van der Waals surface area contributed by atoms with Crippen molar-refractivity contribution in [2.24, 2.45) is 0 Å². The average molecular weight is 390 g/mol. The van der Waals surface area contributed by atoms with E-state index in [1.54, 1.807) is 30.3 Å². The molecule has 0 aromatic heterocycles. The summed E-state index contributed by atoms with van der Waals surface area (Å²) in [5, 5.41) is 2.77. The fourth-order valence-electron chi connectivity index (χ4n) is 2.86. The van der Waals surface area contributed by atoms with Crippen molar-refractivity contribution in [3.63, 3.8) is 0 Å². The highest BCUT2D eigenvalue weighted by atomic mass is 32.2. The predicted molar refractivity (Wildman–Crippen MR) is 104 cm³/mol. The van der Waals surface area contributed by atoms with Gasteiger partial charge in [-0.25, -0.2) is 8.42 Å². The van der Waals surface area contributed by atoms with Gasteiger partial charge in [-0.1, -0.05) is 18.2 Å². The summed E-state index contributed by atoms with van der Waals surface area (Å²) in [6.45, 7) is 2.85. The number of nitrogens with one attached hydrogen (secondary N) is 1. The second-order valence-electron chi connectivity index (χ2n) is 6.28. The van der Waals surface area contributed by atoms with E-state index in [0.717, 1.165) is 11.8 Å². The van der Waals surface area contributed by atoms with Crippen LogP contribution in [-0.2, 0) is 14.8 Å². The third kappa shape index (κ3) is 4.71. The molecule has 144 valence electrons. The van der Waals surface area contributed by atoms with E-state index in [1.807, 2.05) is 19.1 Å². The Morgan fingerprint density at radius 3 is 2.52 bits per heavy atom. The number of amides is 1. The molecule has 2 aromatic carbocycles. The lowest BCUT2D eigenvalue weighted by Gasteiger charge is -2.24. The Morgan fingerprint density at radius 1 is 1.11 bits per heavy atom. The van der Waals surface area contributed by atoms with Crippen LogP contribution >= 0.6 is 0 Å². The molecular formula is C19H22N2O5S. The molecule has 8 heteroatoms. The molecule has 1 N–H and O–H groups in total. The quantitative estimate of drug-likeness (QED) is 0.819. The Labute approximate surface area is 158 Å². The molecular weight excluding hydrogens is 368 g/mol. The highest BCUT2D eigenvalue weighted by Crippen LogP contribution is 2.32. The van der Waals surface area contributed by atoms with Gasteiger partial charge in [-0.15, -0.1) is 0 Å². The zero-order valence-corrected chi connectivity index (χ0v) is 16.1. The molecule has 0 atom stereocenters. The number of rotatable bonds is 6. The number of hydrogen-bond donors (Lipinski definition) is 1. The van der Waals surface area contributed by atoms with E-state index in [0.29, 0.717) is 36.1 Å². The topological polar surface area (TPSA) is 84.9 Å². The Bertz CT molecular complexity index is 943. The zero-order chi connectivity index (χ0) is 19.4. The van der Waals surface area contributed by atoms with Crippen LogP contribution in [0, 0.1) is 6.92 Å². The molecule has 0 radical (unpaired) electrons. The first-order chi connectivity index (χ1) is 12.8. The minimum absolute atomic E-state index is 0.0237. The summed E-state index contributed by atoms with van der Waals surface area (Å²) in [5.41, 5.74) is 1.98. The van der Waals surface area contributed by atoms with Gasteiger partial charge in [-0.05, 0) is 30.7 Å². The molecule has 0 fully saturated rings. The van der Waals surface area contributed by atoms with E-state index in [1.165, 1.54) is 4.31 Å². The maximum atomic E-state index is 12.3. The van der Waals surface area contributed by atoms with E-state index in [2.05, 4.69) is 5.32 Å². The second kappa shape index (κ2) is 7.87. The molecule has 0 unspecified atom stereocenters. The number of carbonyl (C=O) groups is 1. The molecule has 0 spiro atoms. The van der Waals surface area contributed by atoms with Crippen LogP contribution in [0.25, 0.3) is 0 Å². The number of carbonyl (C=O) groups excluding carboxylic acids is 1. The molecule has 2 aromatic rings. The average Bonchev–Trinajstić information content (AvgIpc) is 2.62. The number of aryl methyl sites for hydroxylation is 1.